The summed E-state index contributed by atoms with van der Waals surface area (Å²) in [5.41, 5.74) is 1.96. The van der Waals surface area contributed by atoms with E-state index in [2.05, 4.69) is 32.2 Å². The van der Waals surface area contributed by atoms with Crippen molar-refractivity contribution in [1.29, 1.82) is 0 Å². The molecule has 0 bridgehead atoms. The van der Waals surface area contributed by atoms with Crippen LogP contribution in [0.25, 0.3) is 0 Å². The van der Waals surface area contributed by atoms with E-state index in [0.29, 0.717) is 18.1 Å². The highest BCUT2D eigenvalue weighted by molar-refractivity contribution is 7.17. The van der Waals surface area contributed by atoms with Crippen molar-refractivity contribution in [3.05, 3.63) is 46.5 Å². The Morgan fingerprint density at radius 3 is 2.59 bits per heavy atom. The summed E-state index contributed by atoms with van der Waals surface area (Å²) in [5, 5.41) is 4.22. The maximum absolute atomic E-state index is 13.2. The number of benzene rings is 1. The van der Waals surface area contributed by atoms with Gasteiger partial charge in [0.25, 0.3) is 5.91 Å². The maximum Gasteiger partial charge on any atom is 0.263 e. The molecule has 2 aliphatic heterocycles. The number of anilines is 1. The first kappa shape index (κ1) is 20.3. The molecule has 4 rings (SSSR count). The Morgan fingerprint density at radius 1 is 1.14 bits per heavy atom. The molecule has 3 heterocycles. The van der Waals surface area contributed by atoms with Gasteiger partial charge >= 0.3 is 0 Å². The van der Waals surface area contributed by atoms with Gasteiger partial charge in [-0.1, -0.05) is 48.1 Å². The molecule has 1 aromatic carbocycles. The van der Waals surface area contributed by atoms with E-state index in [-0.39, 0.29) is 11.9 Å². The van der Waals surface area contributed by atoms with Crippen LogP contribution in [0.4, 0.5) is 5.13 Å². The van der Waals surface area contributed by atoms with Gasteiger partial charge in [-0.3, -0.25) is 4.79 Å². The molecule has 1 amide bonds. The molecule has 29 heavy (non-hydrogen) atoms. The smallest absolute Gasteiger partial charge is 0.263 e. The zero-order chi connectivity index (χ0) is 20.1. The summed E-state index contributed by atoms with van der Waals surface area (Å²) in [6, 6.07) is 10.3. The number of aromatic nitrogens is 1. The third-order valence-corrected chi connectivity index (χ3v) is 6.89. The molecular formula is C22H30N4O2S. The molecule has 0 aliphatic carbocycles. The van der Waals surface area contributed by atoms with Crippen LogP contribution < -0.4 is 10.2 Å². The van der Waals surface area contributed by atoms with Crippen LogP contribution in [0.5, 0.6) is 0 Å². The summed E-state index contributed by atoms with van der Waals surface area (Å²) in [7, 11) is 0. The molecule has 1 atom stereocenters. The maximum atomic E-state index is 13.2. The van der Waals surface area contributed by atoms with Gasteiger partial charge in [0, 0.05) is 19.6 Å². The van der Waals surface area contributed by atoms with Crippen LogP contribution in [0.15, 0.2) is 30.3 Å². The largest absolute Gasteiger partial charge is 0.378 e. The van der Waals surface area contributed by atoms with Crippen molar-refractivity contribution in [2.75, 3.05) is 50.8 Å². The lowest BCUT2D eigenvalue weighted by Gasteiger charge is -2.31. The number of hydrogen-bond donors (Lipinski definition) is 1. The first-order chi connectivity index (χ1) is 14.2. The molecular weight excluding hydrogens is 384 g/mol. The van der Waals surface area contributed by atoms with Crippen LogP contribution in [-0.2, 0) is 4.74 Å². The predicted molar refractivity (Wildman–Crippen MR) is 117 cm³/mol. The molecule has 7 heteroatoms. The molecule has 1 unspecified atom stereocenters. The average molecular weight is 415 g/mol. The number of carbonyl (C=O) groups is 1. The number of rotatable bonds is 6. The first-order valence-corrected chi connectivity index (χ1v) is 11.4. The number of morpholine rings is 1. The van der Waals surface area contributed by atoms with Gasteiger partial charge in [-0.25, -0.2) is 4.98 Å². The lowest BCUT2D eigenvalue weighted by atomic mass is 10.0. The zero-order valence-corrected chi connectivity index (χ0v) is 17.9. The Kier molecular flexibility index (Phi) is 6.79. The summed E-state index contributed by atoms with van der Waals surface area (Å²) < 4.78 is 5.43. The van der Waals surface area contributed by atoms with E-state index in [1.54, 1.807) is 0 Å². The lowest BCUT2D eigenvalue weighted by Crippen LogP contribution is -2.40. The summed E-state index contributed by atoms with van der Waals surface area (Å²) in [6.07, 6.45) is 3.79. The van der Waals surface area contributed by atoms with Gasteiger partial charge in [-0.15, -0.1) is 0 Å². The van der Waals surface area contributed by atoms with Crippen LogP contribution >= 0.6 is 11.3 Å². The third-order valence-electron chi connectivity index (χ3n) is 5.67. The van der Waals surface area contributed by atoms with Crippen molar-refractivity contribution in [3.8, 4) is 0 Å². The fraction of sp³-hybridized carbons (Fsp3) is 0.545. The number of amides is 1. The minimum Gasteiger partial charge on any atom is -0.378 e. The molecule has 0 saturated carbocycles. The highest BCUT2D eigenvalue weighted by Crippen LogP contribution is 2.27. The number of thiazole rings is 1. The van der Waals surface area contributed by atoms with E-state index >= 15 is 0 Å². The number of piperidine rings is 1. The Hall–Kier alpha value is -1.96. The number of hydrogen-bond acceptors (Lipinski definition) is 6. The summed E-state index contributed by atoms with van der Waals surface area (Å²) in [5.74, 6) is -0.0228. The Balaban J connectivity index is 1.49. The second kappa shape index (κ2) is 9.69. The summed E-state index contributed by atoms with van der Waals surface area (Å²) >= 11 is 1.49. The van der Waals surface area contributed by atoms with Crippen molar-refractivity contribution >= 4 is 22.4 Å². The second-order valence-corrected chi connectivity index (χ2v) is 8.79. The molecule has 1 N–H and O–H groups in total. The molecule has 156 valence electrons. The quantitative estimate of drug-likeness (QED) is 0.786. The van der Waals surface area contributed by atoms with E-state index in [4.69, 9.17) is 4.74 Å². The molecule has 2 aromatic rings. The molecule has 6 nitrogen and oxygen atoms in total. The minimum atomic E-state index is -0.0228. The van der Waals surface area contributed by atoms with E-state index in [1.165, 1.54) is 30.6 Å². The minimum absolute atomic E-state index is 0.0184. The first-order valence-electron chi connectivity index (χ1n) is 10.6. The summed E-state index contributed by atoms with van der Waals surface area (Å²) in [4.78, 5) is 23.2. The standard InChI is InChI=1S/C22H30N4O2S/c1-17-20(29-22(23-17)26-12-14-28-15-13-26)21(27)24-19(18-8-4-2-5-9-18)16-25-10-6-3-7-11-25/h2,4-5,8-9,19H,3,6-7,10-16H2,1H3,(H,24,27). The third kappa shape index (κ3) is 5.15. The second-order valence-electron chi connectivity index (χ2n) is 7.81. The highest BCUT2D eigenvalue weighted by atomic mass is 32.1. The van der Waals surface area contributed by atoms with Crippen LogP contribution in [-0.4, -0.2) is 61.7 Å². The number of likely N-dealkylation sites (tertiary alicyclic amines) is 1. The van der Waals surface area contributed by atoms with Crippen LogP contribution in [0.2, 0.25) is 0 Å². The van der Waals surface area contributed by atoms with Crippen molar-refractivity contribution < 1.29 is 9.53 Å². The number of ether oxygens (including phenoxy) is 1. The van der Waals surface area contributed by atoms with Gasteiger partial charge in [-0.2, -0.15) is 0 Å². The van der Waals surface area contributed by atoms with E-state index < -0.39 is 0 Å². The van der Waals surface area contributed by atoms with Gasteiger partial charge in [0.2, 0.25) is 0 Å². The van der Waals surface area contributed by atoms with Gasteiger partial charge in [0.1, 0.15) is 4.88 Å². The van der Waals surface area contributed by atoms with E-state index in [0.717, 1.165) is 49.1 Å². The lowest BCUT2D eigenvalue weighted by molar-refractivity contribution is 0.0923. The summed E-state index contributed by atoms with van der Waals surface area (Å²) in [6.45, 7) is 8.09. The van der Waals surface area contributed by atoms with Crippen molar-refractivity contribution in [1.82, 2.24) is 15.2 Å². The molecule has 0 radical (unpaired) electrons. The fourth-order valence-electron chi connectivity index (χ4n) is 4.03. The number of aryl methyl sites for hydroxylation is 1. The van der Waals surface area contributed by atoms with Crippen LogP contribution in [0, 0.1) is 6.92 Å². The molecule has 2 saturated heterocycles. The zero-order valence-electron chi connectivity index (χ0n) is 17.1. The number of carbonyl (C=O) groups excluding carboxylic acids is 1. The number of nitrogens with zero attached hydrogens (tertiary/aromatic N) is 3. The van der Waals surface area contributed by atoms with Gasteiger partial charge in [0.15, 0.2) is 5.13 Å². The normalized spacial score (nSPS) is 19.1. The topological polar surface area (TPSA) is 57.7 Å². The van der Waals surface area contributed by atoms with E-state index in [1.807, 2.05) is 25.1 Å². The van der Waals surface area contributed by atoms with Gasteiger partial charge < -0.3 is 19.9 Å². The Labute approximate surface area is 176 Å². The predicted octanol–water partition coefficient (Wildman–Crippen LogP) is 3.25. The van der Waals surface area contributed by atoms with Crippen LogP contribution in [0.1, 0.15) is 46.2 Å². The molecule has 0 spiro atoms. The van der Waals surface area contributed by atoms with Gasteiger partial charge in [-0.05, 0) is 38.4 Å². The fourth-order valence-corrected chi connectivity index (χ4v) is 5.05. The van der Waals surface area contributed by atoms with E-state index in [9.17, 15) is 4.79 Å². The SMILES string of the molecule is Cc1nc(N2CCOCC2)sc1C(=O)NC(CN1CCCCC1)c1ccccc1. The van der Waals surface area contributed by atoms with Crippen molar-refractivity contribution in [3.63, 3.8) is 0 Å². The highest BCUT2D eigenvalue weighted by Gasteiger charge is 2.24. The van der Waals surface area contributed by atoms with Crippen molar-refractivity contribution in [2.45, 2.75) is 32.2 Å². The average Bonchev–Trinajstić information content (AvgIpc) is 3.17. The Morgan fingerprint density at radius 2 is 1.86 bits per heavy atom. The molecule has 2 fully saturated rings. The molecule has 2 aliphatic rings. The van der Waals surface area contributed by atoms with Crippen LogP contribution in [0.3, 0.4) is 0 Å². The van der Waals surface area contributed by atoms with Gasteiger partial charge in [0.05, 0.1) is 24.9 Å². The Bertz CT molecular complexity index is 798. The molecule has 1 aromatic heterocycles. The monoisotopic (exact) mass is 414 g/mol. The number of nitrogens with one attached hydrogen (secondary N) is 1. The van der Waals surface area contributed by atoms with Crippen molar-refractivity contribution in [2.24, 2.45) is 0 Å².